The molecule has 0 bridgehead atoms. The summed E-state index contributed by atoms with van der Waals surface area (Å²) >= 11 is 0. The number of nitrogens with zero attached hydrogens (tertiary/aromatic N) is 2. The Kier molecular flexibility index (Phi) is 4.14. The zero-order chi connectivity index (χ0) is 6.41. The van der Waals surface area contributed by atoms with Crippen LogP contribution in [0.5, 0.6) is 0 Å². The largest absolute Gasteiger partial charge is 0.313 e. The molecule has 5 N–H and O–H groups in total. The van der Waals surface area contributed by atoms with Gasteiger partial charge in [-0.3, -0.25) is 15.8 Å². The van der Waals surface area contributed by atoms with Crippen molar-refractivity contribution in [3.8, 4) is 0 Å². The van der Waals surface area contributed by atoms with Gasteiger partial charge < -0.3 is 5.73 Å². The first-order valence-corrected chi connectivity index (χ1v) is 2.20. The number of nitrogens with one attached hydrogen (secondary N) is 1. The lowest BCUT2D eigenvalue weighted by atomic mass is 11.0. The van der Waals surface area contributed by atoms with E-state index in [1.165, 1.54) is 11.3 Å². The Morgan fingerprint density at radius 2 is 2.50 bits per heavy atom. The van der Waals surface area contributed by atoms with Crippen molar-refractivity contribution in [2.75, 3.05) is 13.7 Å². The monoisotopic (exact) mass is 117 g/mol. The molecule has 0 rings (SSSR count). The second-order valence-corrected chi connectivity index (χ2v) is 1.16. The minimum atomic E-state index is 0.313. The Morgan fingerprint density at radius 1 is 1.88 bits per heavy atom. The van der Waals surface area contributed by atoms with E-state index in [4.69, 9.17) is 11.6 Å². The second kappa shape index (κ2) is 4.51. The maximum atomic E-state index is 5.16. The van der Waals surface area contributed by atoms with Gasteiger partial charge in [-0.05, 0) is 0 Å². The molecule has 0 saturated heterocycles. The Labute approximate surface area is 48.3 Å². The van der Waals surface area contributed by atoms with E-state index in [1.807, 2.05) is 0 Å². The van der Waals surface area contributed by atoms with Crippen molar-refractivity contribution in [2.45, 2.75) is 0 Å². The van der Waals surface area contributed by atoms with E-state index >= 15 is 0 Å². The van der Waals surface area contributed by atoms with E-state index in [0.717, 1.165) is 0 Å². The first kappa shape index (κ1) is 7.35. The predicted molar refractivity (Wildman–Crippen MR) is 32.6 cm³/mol. The predicted octanol–water partition coefficient (Wildman–Crippen LogP) is -1.76. The van der Waals surface area contributed by atoms with Crippen molar-refractivity contribution in [3.05, 3.63) is 0 Å². The van der Waals surface area contributed by atoms with Crippen LogP contribution in [0.1, 0.15) is 0 Å². The van der Waals surface area contributed by atoms with Gasteiger partial charge in [-0.1, -0.05) is 0 Å². The summed E-state index contributed by atoms with van der Waals surface area (Å²) in [5.41, 5.74) is 7.47. The third kappa shape index (κ3) is 2.51. The lowest BCUT2D eigenvalue weighted by Gasteiger charge is -2.12. The molecule has 0 fully saturated rings. The second-order valence-electron chi connectivity index (χ2n) is 1.16. The summed E-state index contributed by atoms with van der Waals surface area (Å²) in [5, 5.41) is 1.44. The topological polar surface area (TPSA) is 79.7 Å². The highest BCUT2D eigenvalue weighted by Crippen LogP contribution is 1.63. The van der Waals surface area contributed by atoms with Crippen LogP contribution in [0.3, 0.4) is 0 Å². The Balaban J connectivity index is 3.36. The summed E-state index contributed by atoms with van der Waals surface area (Å²) in [6, 6.07) is 0. The average molecular weight is 117 g/mol. The highest BCUT2D eigenvalue weighted by molar-refractivity contribution is 5.53. The van der Waals surface area contributed by atoms with Gasteiger partial charge in [0.25, 0.3) is 0 Å². The molecule has 8 heavy (non-hydrogen) atoms. The molecule has 0 spiro atoms. The van der Waals surface area contributed by atoms with Gasteiger partial charge >= 0.3 is 0 Å². The average Bonchev–Trinajstić information content (AvgIpc) is 1.83. The Morgan fingerprint density at radius 3 is 2.62 bits per heavy atom. The molecule has 0 aliphatic carbocycles. The highest BCUT2D eigenvalue weighted by Gasteiger charge is 1.85. The fraction of sp³-hybridized carbons (Fsp3) is 0.667. The van der Waals surface area contributed by atoms with Crippen LogP contribution in [0.2, 0.25) is 0 Å². The fourth-order valence-corrected chi connectivity index (χ4v) is 0.273. The van der Waals surface area contributed by atoms with E-state index in [0.29, 0.717) is 6.67 Å². The number of hydrogen-bond acceptors (Lipinski definition) is 4. The summed E-state index contributed by atoms with van der Waals surface area (Å²) in [6.07, 6.45) is 1.50. The molecule has 0 unspecified atom stereocenters. The first-order valence-electron chi connectivity index (χ1n) is 2.20. The zero-order valence-electron chi connectivity index (χ0n) is 4.83. The Hall–Kier alpha value is -0.650. The molecule has 0 aromatic rings. The molecule has 5 heteroatoms. The minimum absolute atomic E-state index is 0.313. The molecule has 5 nitrogen and oxygen atoms in total. The summed E-state index contributed by atoms with van der Waals surface area (Å²) in [6.45, 7) is 0.313. The SMILES string of the molecule is C/N=C\N(CN)NN. The lowest BCUT2D eigenvalue weighted by Crippen LogP contribution is -2.45. The van der Waals surface area contributed by atoms with Crippen molar-refractivity contribution in [3.63, 3.8) is 0 Å². The highest BCUT2D eigenvalue weighted by atomic mass is 15.6. The summed E-state index contributed by atoms with van der Waals surface area (Å²) in [4.78, 5) is 3.66. The Bertz CT molecular complexity index is 66.1. The molecule has 0 aromatic carbocycles. The minimum Gasteiger partial charge on any atom is -0.313 e. The number of hydrazine groups is 2. The van der Waals surface area contributed by atoms with Gasteiger partial charge in [0.15, 0.2) is 0 Å². The molecule has 0 heterocycles. The van der Waals surface area contributed by atoms with Gasteiger partial charge in [0, 0.05) is 7.05 Å². The van der Waals surface area contributed by atoms with Crippen LogP contribution in [0.25, 0.3) is 0 Å². The van der Waals surface area contributed by atoms with Crippen LogP contribution in [0.15, 0.2) is 4.99 Å². The van der Waals surface area contributed by atoms with Crippen molar-refractivity contribution in [1.82, 2.24) is 10.5 Å². The van der Waals surface area contributed by atoms with Gasteiger partial charge in [0.2, 0.25) is 0 Å². The van der Waals surface area contributed by atoms with Crippen LogP contribution in [0, 0.1) is 0 Å². The van der Waals surface area contributed by atoms with Crippen molar-refractivity contribution >= 4 is 6.34 Å². The van der Waals surface area contributed by atoms with Gasteiger partial charge in [-0.2, -0.15) is 5.53 Å². The standard InChI is InChI=1S/C3H11N5/c1-6-3-8(2-4)7-5/h3,7H,2,4-5H2,1H3/b6-3-. The van der Waals surface area contributed by atoms with Crippen molar-refractivity contribution in [1.29, 1.82) is 0 Å². The molecule has 0 amide bonds. The number of nitrogens with two attached hydrogens (primary N) is 2. The maximum Gasteiger partial charge on any atom is 0.101 e. The summed E-state index contributed by atoms with van der Waals surface area (Å²) in [5.74, 6) is 4.97. The van der Waals surface area contributed by atoms with Crippen molar-refractivity contribution in [2.24, 2.45) is 16.6 Å². The molecule has 0 aromatic heterocycles. The smallest absolute Gasteiger partial charge is 0.101 e. The van der Waals surface area contributed by atoms with E-state index in [2.05, 4.69) is 10.5 Å². The fourth-order valence-electron chi connectivity index (χ4n) is 0.273. The molecule has 0 radical (unpaired) electrons. The number of aliphatic imine (C=N–C) groups is 1. The van der Waals surface area contributed by atoms with Crippen LogP contribution < -0.4 is 17.1 Å². The number of hydrogen-bond donors (Lipinski definition) is 3. The quantitative estimate of drug-likeness (QED) is 0.134. The maximum absolute atomic E-state index is 5.16. The third-order valence-corrected chi connectivity index (χ3v) is 0.617. The van der Waals surface area contributed by atoms with Crippen LogP contribution in [-0.4, -0.2) is 25.1 Å². The molecule has 0 atom stereocenters. The van der Waals surface area contributed by atoms with E-state index in [-0.39, 0.29) is 0 Å². The van der Waals surface area contributed by atoms with E-state index in [1.54, 1.807) is 7.05 Å². The first-order chi connectivity index (χ1) is 3.85. The third-order valence-electron chi connectivity index (χ3n) is 0.617. The molecule has 0 aliphatic rings. The number of rotatable bonds is 3. The van der Waals surface area contributed by atoms with Crippen LogP contribution in [0.4, 0.5) is 0 Å². The normalized spacial score (nSPS) is 10.4. The van der Waals surface area contributed by atoms with Gasteiger partial charge in [-0.15, -0.1) is 0 Å². The molecular formula is C3H11N5. The van der Waals surface area contributed by atoms with E-state index < -0.39 is 0 Å². The van der Waals surface area contributed by atoms with Gasteiger partial charge in [0.05, 0.1) is 6.67 Å². The van der Waals surface area contributed by atoms with Crippen LogP contribution in [-0.2, 0) is 0 Å². The summed E-state index contributed by atoms with van der Waals surface area (Å²) < 4.78 is 0. The van der Waals surface area contributed by atoms with Crippen molar-refractivity contribution < 1.29 is 0 Å². The van der Waals surface area contributed by atoms with Gasteiger partial charge in [-0.25, -0.2) is 0 Å². The summed E-state index contributed by atoms with van der Waals surface area (Å²) in [7, 11) is 1.64. The lowest BCUT2D eigenvalue weighted by molar-refractivity contribution is 0.332. The zero-order valence-corrected chi connectivity index (χ0v) is 4.83. The molecule has 0 aliphatic heterocycles. The molecule has 0 saturated carbocycles. The van der Waals surface area contributed by atoms with Gasteiger partial charge in [0.1, 0.15) is 6.34 Å². The van der Waals surface area contributed by atoms with Crippen LogP contribution >= 0.6 is 0 Å². The van der Waals surface area contributed by atoms with E-state index in [9.17, 15) is 0 Å². The molecular weight excluding hydrogens is 106 g/mol. The molecule has 48 valence electrons.